The molecule has 2 N–H and O–H groups in total. The summed E-state index contributed by atoms with van der Waals surface area (Å²) < 4.78 is 5.42. The molecular formula is C22H15Cl2N3O6S. The van der Waals surface area contributed by atoms with Gasteiger partial charge < -0.3 is 9.84 Å². The molecule has 0 bridgehead atoms. The van der Waals surface area contributed by atoms with Crippen LogP contribution in [0.4, 0.5) is 5.69 Å². The first-order valence-electron chi connectivity index (χ1n) is 9.43. The lowest BCUT2D eigenvalue weighted by Gasteiger charge is -2.09. The van der Waals surface area contributed by atoms with Crippen molar-refractivity contribution >= 4 is 63.8 Å². The molecule has 0 atom stereocenters. The number of carboxylic acid groups (broad SMARTS) is 1. The minimum atomic E-state index is -1.34. The molecule has 0 saturated carbocycles. The van der Waals surface area contributed by atoms with Gasteiger partial charge in [-0.15, -0.1) is 16.2 Å². The van der Waals surface area contributed by atoms with Crippen LogP contribution in [0.3, 0.4) is 0 Å². The van der Waals surface area contributed by atoms with E-state index in [4.69, 9.17) is 33.0 Å². The molecule has 12 heteroatoms. The van der Waals surface area contributed by atoms with E-state index in [-0.39, 0.29) is 22.6 Å². The van der Waals surface area contributed by atoms with Gasteiger partial charge in [-0.25, -0.2) is 10.2 Å². The summed E-state index contributed by atoms with van der Waals surface area (Å²) in [7, 11) is 0. The van der Waals surface area contributed by atoms with Gasteiger partial charge in [-0.1, -0.05) is 29.3 Å². The number of thiophene rings is 1. The van der Waals surface area contributed by atoms with Gasteiger partial charge >= 0.3 is 11.9 Å². The maximum Gasteiger partial charge on any atom is 0.338 e. The standard InChI is InChI=1S/C22H15Cl2N3O6S/c1-10(25-26-21(29)13-3-5-14(22(30)31)18(8-13)27-32)15-9-34-20(19(15)33-11(2)28)12-4-6-16(23)17(24)7-12/h3-9H,1-2H3,(H,26,29)(H,30,31). The molecular weight excluding hydrogens is 505 g/mol. The van der Waals surface area contributed by atoms with Crippen molar-refractivity contribution in [2.45, 2.75) is 13.8 Å². The van der Waals surface area contributed by atoms with E-state index in [1.807, 2.05) is 0 Å². The summed E-state index contributed by atoms with van der Waals surface area (Å²) in [6.07, 6.45) is 0. The number of carbonyl (C=O) groups is 3. The quantitative estimate of drug-likeness (QED) is 0.172. The fourth-order valence-electron chi connectivity index (χ4n) is 2.87. The van der Waals surface area contributed by atoms with Crippen LogP contribution >= 0.6 is 34.5 Å². The third-order valence-corrected chi connectivity index (χ3v) is 6.23. The van der Waals surface area contributed by atoms with E-state index in [1.165, 1.54) is 24.3 Å². The number of amides is 1. The molecule has 0 spiro atoms. The lowest BCUT2D eigenvalue weighted by Crippen LogP contribution is -2.19. The highest BCUT2D eigenvalue weighted by molar-refractivity contribution is 7.14. The van der Waals surface area contributed by atoms with Gasteiger partial charge in [0, 0.05) is 17.9 Å². The molecule has 1 aromatic heterocycles. The Morgan fingerprint density at radius 1 is 1.03 bits per heavy atom. The number of hydrogen-bond donors (Lipinski definition) is 2. The molecule has 174 valence electrons. The van der Waals surface area contributed by atoms with Crippen molar-refractivity contribution in [3.05, 3.63) is 73.4 Å². The molecule has 0 aliphatic rings. The number of benzene rings is 2. The van der Waals surface area contributed by atoms with Crippen molar-refractivity contribution in [2.75, 3.05) is 0 Å². The maximum absolute atomic E-state index is 12.5. The number of ether oxygens (including phenoxy) is 1. The number of carboxylic acids is 1. The second-order valence-electron chi connectivity index (χ2n) is 6.80. The van der Waals surface area contributed by atoms with Gasteiger partial charge in [0.1, 0.15) is 5.69 Å². The Morgan fingerprint density at radius 2 is 1.76 bits per heavy atom. The number of halogens is 2. The van der Waals surface area contributed by atoms with Crippen LogP contribution in [0.15, 0.2) is 52.1 Å². The highest BCUT2D eigenvalue weighted by Gasteiger charge is 2.20. The Morgan fingerprint density at radius 3 is 2.38 bits per heavy atom. The largest absolute Gasteiger partial charge is 0.478 e. The molecule has 0 unspecified atom stereocenters. The topological polar surface area (TPSA) is 134 Å². The Hall–Kier alpha value is -3.60. The van der Waals surface area contributed by atoms with Gasteiger partial charge in [-0.05, 0) is 48.0 Å². The minimum absolute atomic E-state index is 0.0156. The number of hydrazone groups is 1. The van der Waals surface area contributed by atoms with Crippen LogP contribution < -0.4 is 10.2 Å². The zero-order valence-corrected chi connectivity index (χ0v) is 19.9. The van der Waals surface area contributed by atoms with Crippen LogP contribution in [-0.2, 0) is 4.79 Å². The van der Waals surface area contributed by atoms with Gasteiger partial charge in [0.15, 0.2) is 5.75 Å². The van der Waals surface area contributed by atoms with Gasteiger partial charge in [0.25, 0.3) is 5.91 Å². The average molecular weight is 520 g/mol. The molecule has 0 fully saturated rings. The van der Waals surface area contributed by atoms with E-state index in [2.05, 4.69) is 15.7 Å². The van der Waals surface area contributed by atoms with Gasteiger partial charge in [-0.3, -0.25) is 9.59 Å². The minimum Gasteiger partial charge on any atom is -0.478 e. The zero-order chi connectivity index (χ0) is 25.0. The molecule has 1 amide bonds. The van der Waals surface area contributed by atoms with Gasteiger partial charge in [-0.2, -0.15) is 5.10 Å². The first kappa shape index (κ1) is 25.0. The fourth-order valence-corrected chi connectivity index (χ4v) is 4.20. The summed E-state index contributed by atoms with van der Waals surface area (Å²) in [4.78, 5) is 46.8. The van der Waals surface area contributed by atoms with Crippen LogP contribution in [0, 0.1) is 4.91 Å². The summed E-state index contributed by atoms with van der Waals surface area (Å²) in [5.41, 5.74) is 3.05. The second kappa shape index (κ2) is 10.6. The molecule has 1 heterocycles. The normalized spacial score (nSPS) is 11.1. The molecule has 0 aliphatic heterocycles. The molecule has 9 nitrogen and oxygen atoms in total. The lowest BCUT2D eigenvalue weighted by molar-refractivity contribution is -0.131. The van der Waals surface area contributed by atoms with E-state index in [9.17, 15) is 19.3 Å². The maximum atomic E-state index is 12.5. The predicted molar refractivity (Wildman–Crippen MR) is 130 cm³/mol. The van der Waals surface area contributed by atoms with Crippen molar-refractivity contribution in [3.63, 3.8) is 0 Å². The van der Waals surface area contributed by atoms with Crippen LogP contribution in [0.25, 0.3) is 10.4 Å². The van der Waals surface area contributed by atoms with E-state index in [0.29, 0.717) is 31.8 Å². The summed E-state index contributed by atoms with van der Waals surface area (Å²) in [6.45, 7) is 2.85. The van der Waals surface area contributed by atoms with E-state index < -0.39 is 17.8 Å². The Labute approximate surface area is 206 Å². The SMILES string of the molecule is CC(=O)Oc1c(C(C)=NNC(=O)c2ccc(C(=O)O)c(N=O)c2)csc1-c1ccc(Cl)c(Cl)c1. The third kappa shape index (κ3) is 5.48. The highest BCUT2D eigenvalue weighted by Crippen LogP contribution is 2.41. The highest BCUT2D eigenvalue weighted by atomic mass is 35.5. The Balaban J connectivity index is 1.91. The van der Waals surface area contributed by atoms with E-state index in [1.54, 1.807) is 30.5 Å². The van der Waals surface area contributed by atoms with Crippen LogP contribution in [0.5, 0.6) is 5.75 Å². The van der Waals surface area contributed by atoms with Crippen molar-refractivity contribution < 1.29 is 24.2 Å². The number of nitroso groups, excluding NO2 is 1. The number of rotatable bonds is 7. The van der Waals surface area contributed by atoms with Crippen LogP contribution in [0.1, 0.15) is 40.1 Å². The molecule has 0 radical (unpaired) electrons. The molecule has 2 aromatic carbocycles. The molecule has 0 saturated heterocycles. The number of aromatic carboxylic acids is 1. The smallest absolute Gasteiger partial charge is 0.338 e. The second-order valence-corrected chi connectivity index (χ2v) is 8.49. The predicted octanol–water partition coefficient (Wildman–Crippen LogP) is 5.90. The average Bonchev–Trinajstić information content (AvgIpc) is 3.21. The summed E-state index contributed by atoms with van der Waals surface area (Å²) in [5, 5.41) is 18.2. The molecule has 34 heavy (non-hydrogen) atoms. The zero-order valence-electron chi connectivity index (χ0n) is 17.6. The van der Waals surface area contributed by atoms with Crippen LogP contribution in [-0.4, -0.2) is 28.7 Å². The first-order chi connectivity index (χ1) is 16.1. The van der Waals surface area contributed by atoms with Crippen LogP contribution in [0.2, 0.25) is 10.0 Å². The molecule has 3 aromatic rings. The lowest BCUT2D eigenvalue weighted by atomic mass is 10.1. The van der Waals surface area contributed by atoms with Crippen molar-refractivity contribution in [3.8, 4) is 16.2 Å². The molecule has 0 aliphatic carbocycles. The number of nitrogens with one attached hydrogen (secondary N) is 1. The summed E-state index contributed by atoms with van der Waals surface area (Å²) >= 11 is 13.4. The fraction of sp³-hybridized carbons (Fsp3) is 0.0909. The van der Waals surface area contributed by atoms with Crippen molar-refractivity contribution in [1.29, 1.82) is 0 Å². The van der Waals surface area contributed by atoms with Crippen molar-refractivity contribution in [1.82, 2.24) is 5.43 Å². The molecule has 3 rings (SSSR count). The van der Waals surface area contributed by atoms with Crippen molar-refractivity contribution in [2.24, 2.45) is 10.3 Å². The number of carbonyl (C=O) groups excluding carboxylic acids is 2. The van der Waals surface area contributed by atoms with Gasteiger partial charge in [0.05, 0.1) is 31.8 Å². The summed E-state index contributed by atoms with van der Waals surface area (Å²) in [5.74, 6) is -2.35. The van der Waals surface area contributed by atoms with E-state index >= 15 is 0 Å². The monoisotopic (exact) mass is 519 g/mol. The van der Waals surface area contributed by atoms with E-state index in [0.717, 1.165) is 12.1 Å². The third-order valence-electron chi connectivity index (χ3n) is 4.48. The Bertz CT molecular complexity index is 1350. The number of hydrogen-bond acceptors (Lipinski definition) is 8. The number of nitrogens with zero attached hydrogens (tertiary/aromatic N) is 2. The van der Waals surface area contributed by atoms with Gasteiger partial charge in [0.2, 0.25) is 0 Å². The summed E-state index contributed by atoms with van der Waals surface area (Å²) in [6, 6.07) is 8.37. The number of esters is 1. The Kier molecular flexibility index (Phi) is 7.77. The first-order valence-corrected chi connectivity index (χ1v) is 11.1.